The average molecular weight is 546 g/mol. The molecule has 3 aromatic heterocycles. The molecule has 2 aliphatic carbocycles. The Morgan fingerprint density at radius 3 is 2.60 bits per heavy atom. The van der Waals surface area contributed by atoms with E-state index in [1.165, 1.54) is 0 Å². The highest BCUT2D eigenvalue weighted by Crippen LogP contribution is 2.35. The smallest absolute Gasteiger partial charge is 0.410 e. The van der Waals surface area contributed by atoms with Crippen LogP contribution in [0.15, 0.2) is 43.0 Å². The van der Waals surface area contributed by atoms with E-state index in [9.17, 15) is 9.59 Å². The summed E-state index contributed by atoms with van der Waals surface area (Å²) in [6.07, 6.45) is 12.4. The highest BCUT2D eigenvalue weighted by molar-refractivity contribution is 6.09. The van der Waals surface area contributed by atoms with Crippen LogP contribution in [-0.2, 0) is 4.74 Å². The maximum absolute atomic E-state index is 13.4. The zero-order chi connectivity index (χ0) is 28.0. The van der Waals surface area contributed by atoms with Crippen molar-refractivity contribution < 1.29 is 19.1 Å². The number of hydrogen-bond acceptors (Lipinski definition) is 7. The lowest BCUT2D eigenvalue weighted by molar-refractivity contribution is 0.0173. The molecule has 0 spiro atoms. The Hall–Kier alpha value is -4.15. The molecule has 3 heterocycles. The number of carbonyl (C=O) groups is 2. The molecule has 40 heavy (non-hydrogen) atoms. The lowest BCUT2D eigenvalue weighted by Crippen LogP contribution is -2.42. The molecule has 210 valence electrons. The van der Waals surface area contributed by atoms with Gasteiger partial charge in [-0.1, -0.05) is 0 Å². The van der Waals surface area contributed by atoms with Gasteiger partial charge in [0.25, 0.3) is 5.91 Å². The van der Waals surface area contributed by atoms with Crippen molar-refractivity contribution in [2.45, 2.75) is 83.1 Å². The molecule has 2 saturated carbocycles. The molecule has 11 heteroatoms. The van der Waals surface area contributed by atoms with Crippen LogP contribution in [0.25, 0.3) is 16.6 Å². The first-order valence-electron chi connectivity index (χ1n) is 13.9. The molecule has 0 aliphatic heterocycles. The number of fused-ring (bicyclic) bond motifs is 2. The Labute approximate surface area is 232 Å². The van der Waals surface area contributed by atoms with E-state index < -0.39 is 5.60 Å². The fourth-order valence-corrected chi connectivity index (χ4v) is 5.20. The standard InChI is InChI=1S/C29H35N7O4/c1-29(2,3)40-28(38)34(4)19-6-8-20(9-7-19)36-17-18-14-22(25(15-23(18)33-36)39-21-10-11-21)27(37)32-24-16-31-35-13-5-12-30-26(24)35/h5,12-17,19-21H,6-11H2,1-4H3,(H,32,37). The zero-order valence-electron chi connectivity index (χ0n) is 23.3. The maximum Gasteiger partial charge on any atom is 0.410 e. The molecular weight excluding hydrogens is 510 g/mol. The molecule has 0 atom stereocenters. The summed E-state index contributed by atoms with van der Waals surface area (Å²) in [5.41, 5.74) is 1.84. The minimum absolute atomic E-state index is 0.127. The number of amides is 2. The minimum atomic E-state index is -0.515. The monoisotopic (exact) mass is 545 g/mol. The number of hydrogen-bond donors (Lipinski definition) is 1. The van der Waals surface area contributed by atoms with Crippen LogP contribution >= 0.6 is 0 Å². The highest BCUT2D eigenvalue weighted by atomic mass is 16.6. The SMILES string of the molecule is CN(C(=O)OC(C)(C)C)C1CCC(n2cc3cc(C(=O)Nc4cnn5cccnc45)c(OC4CC4)cc3n2)CC1. The molecule has 11 nitrogen and oxygen atoms in total. The number of aromatic nitrogens is 5. The normalized spacial score (nSPS) is 19.5. The Balaban J connectivity index is 1.20. The number of nitrogens with zero attached hydrogens (tertiary/aromatic N) is 6. The lowest BCUT2D eigenvalue weighted by atomic mass is 9.90. The molecule has 2 fully saturated rings. The van der Waals surface area contributed by atoms with Gasteiger partial charge in [0.15, 0.2) is 5.65 Å². The van der Waals surface area contributed by atoms with Crippen LogP contribution in [0.2, 0.25) is 0 Å². The van der Waals surface area contributed by atoms with E-state index in [1.54, 1.807) is 34.1 Å². The summed E-state index contributed by atoms with van der Waals surface area (Å²) in [6, 6.07) is 5.86. The number of rotatable bonds is 6. The Bertz CT molecular complexity index is 1560. The van der Waals surface area contributed by atoms with Crippen LogP contribution in [0, 0.1) is 0 Å². The van der Waals surface area contributed by atoms with E-state index in [4.69, 9.17) is 14.6 Å². The van der Waals surface area contributed by atoms with Gasteiger partial charge < -0.3 is 19.7 Å². The summed E-state index contributed by atoms with van der Waals surface area (Å²) in [6.45, 7) is 5.64. The van der Waals surface area contributed by atoms with Crippen molar-refractivity contribution in [2.24, 2.45) is 0 Å². The number of anilines is 1. The zero-order valence-corrected chi connectivity index (χ0v) is 23.3. The average Bonchev–Trinajstić information content (AvgIpc) is 3.50. The predicted molar refractivity (Wildman–Crippen MR) is 150 cm³/mol. The van der Waals surface area contributed by atoms with Crippen molar-refractivity contribution in [3.8, 4) is 5.75 Å². The molecule has 2 amide bonds. The number of nitrogens with one attached hydrogen (secondary N) is 1. The highest BCUT2D eigenvalue weighted by Gasteiger charge is 2.31. The summed E-state index contributed by atoms with van der Waals surface area (Å²) in [5, 5.41) is 13.0. The molecule has 0 bridgehead atoms. The molecule has 4 aromatic rings. The van der Waals surface area contributed by atoms with Crippen molar-refractivity contribution in [1.82, 2.24) is 29.3 Å². The predicted octanol–water partition coefficient (Wildman–Crippen LogP) is 5.22. The number of ether oxygens (including phenoxy) is 2. The molecule has 0 saturated heterocycles. The van der Waals surface area contributed by atoms with Gasteiger partial charge >= 0.3 is 6.09 Å². The van der Waals surface area contributed by atoms with Crippen molar-refractivity contribution >= 4 is 34.2 Å². The molecule has 2 aliphatic rings. The number of carbonyl (C=O) groups excluding carboxylic acids is 2. The summed E-state index contributed by atoms with van der Waals surface area (Å²) < 4.78 is 15.3. The van der Waals surface area contributed by atoms with Crippen molar-refractivity contribution in [3.63, 3.8) is 0 Å². The van der Waals surface area contributed by atoms with Gasteiger partial charge in [-0.25, -0.2) is 14.3 Å². The third kappa shape index (κ3) is 5.45. The van der Waals surface area contributed by atoms with Gasteiger partial charge in [0.2, 0.25) is 0 Å². The second kappa shape index (κ2) is 10.1. The first kappa shape index (κ1) is 26.1. The van der Waals surface area contributed by atoms with Crippen LogP contribution < -0.4 is 10.1 Å². The molecule has 0 unspecified atom stereocenters. The van der Waals surface area contributed by atoms with Crippen LogP contribution in [0.3, 0.4) is 0 Å². The molecule has 1 aromatic carbocycles. The van der Waals surface area contributed by atoms with Crippen LogP contribution in [0.1, 0.15) is 75.7 Å². The van der Waals surface area contributed by atoms with E-state index >= 15 is 0 Å². The molecule has 0 radical (unpaired) electrons. The Morgan fingerprint density at radius 2 is 1.88 bits per heavy atom. The molecular formula is C29H35N7O4. The Kier molecular flexibility index (Phi) is 6.59. The van der Waals surface area contributed by atoms with E-state index in [2.05, 4.69) is 15.4 Å². The van der Waals surface area contributed by atoms with E-state index in [0.29, 0.717) is 22.6 Å². The van der Waals surface area contributed by atoms with Gasteiger partial charge in [0.1, 0.15) is 17.0 Å². The van der Waals surface area contributed by atoms with Gasteiger partial charge in [-0.15, -0.1) is 0 Å². The van der Waals surface area contributed by atoms with Gasteiger partial charge in [0, 0.05) is 43.1 Å². The number of benzene rings is 1. The largest absolute Gasteiger partial charge is 0.490 e. The Morgan fingerprint density at radius 1 is 1.10 bits per heavy atom. The topological polar surface area (TPSA) is 116 Å². The molecule has 1 N–H and O–H groups in total. The quantitative estimate of drug-likeness (QED) is 0.353. The first-order valence-corrected chi connectivity index (χ1v) is 13.9. The van der Waals surface area contributed by atoms with E-state index in [1.807, 2.05) is 50.8 Å². The van der Waals surface area contributed by atoms with Crippen LogP contribution in [-0.4, -0.2) is 66.1 Å². The van der Waals surface area contributed by atoms with E-state index in [-0.39, 0.29) is 30.2 Å². The van der Waals surface area contributed by atoms with Gasteiger partial charge in [-0.2, -0.15) is 10.2 Å². The van der Waals surface area contributed by atoms with E-state index in [0.717, 1.165) is 49.4 Å². The van der Waals surface area contributed by atoms with Gasteiger partial charge in [0.05, 0.1) is 29.4 Å². The summed E-state index contributed by atoms with van der Waals surface area (Å²) in [7, 11) is 1.82. The third-order valence-electron chi connectivity index (χ3n) is 7.48. The minimum Gasteiger partial charge on any atom is -0.490 e. The fraction of sp³-hybridized carbons (Fsp3) is 0.483. The van der Waals surface area contributed by atoms with Crippen molar-refractivity contribution in [1.29, 1.82) is 0 Å². The molecule has 6 rings (SSSR count). The summed E-state index contributed by atoms with van der Waals surface area (Å²) in [5.74, 6) is 0.251. The third-order valence-corrected chi connectivity index (χ3v) is 7.48. The van der Waals surface area contributed by atoms with Gasteiger partial charge in [-0.3, -0.25) is 9.48 Å². The van der Waals surface area contributed by atoms with Gasteiger partial charge in [-0.05, 0) is 71.4 Å². The second-order valence-electron chi connectivity index (χ2n) is 11.8. The van der Waals surface area contributed by atoms with Crippen LogP contribution in [0.5, 0.6) is 5.75 Å². The van der Waals surface area contributed by atoms with Crippen molar-refractivity contribution in [3.05, 3.63) is 48.5 Å². The fourth-order valence-electron chi connectivity index (χ4n) is 5.20. The maximum atomic E-state index is 13.4. The van der Waals surface area contributed by atoms with Crippen molar-refractivity contribution in [2.75, 3.05) is 12.4 Å². The van der Waals surface area contributed by atoms with Crippen LogP contribution in [0.4, 0.5) is 10.5 Å². The second-order valence-corrected chi connectivity index (χ2v) is 11.8. The summed E-state index contributed by atoms with van der Waals surface area (Å²) in [4.78, 5) is 32.0. The lowest BCUT2D eigenvalue weighted by Gasteiger charge is -2.35. The summed E-state index contributed by atoms with van der Waals surface area (Å²) >= 11 is 0. The first-order chi connectivity index (χ1) is 19.1.